The summed E-state index contributed by atoms with van der Waals surface area (Å²) in [5.41, 5.74) is 1.91. The summed E-state index contributed by atoms with van der Waals surface area (Å²) in [6.45, 7) is 5.49. The van der Waals surface area contributed by atoms with Crippen LogP contribution in [0.25, 0.3) is 0 Å². The molecule has 5 heteroatoms. The fourth-order valence-corrected chi connectivity index (χ4v) is 2.94. The summed E-state index contributed by atoms with van der Waals surface area (Å²) in [5, 5.41) is 3.06. The molecule has 1 amide bonds. The topological polar surface area (TPSA) is 41.6 Å². The number of carbonyl (C=O) groups excluding carboxylic acids is 1. The number of carbonyl (C=O) groups is 1. The second kappa shape index (κ2) is 8.23. The molecule has 1 atom stereocenters. The minimum Gasteiger partial charge on any atom is -0.379 e. The minimum absolute atomic E-state index is 0.156. The highest BCUT2D eigenvalue weighted by Crippen LogP contribution is 2.17. The fraction of sp³-hybridized carbons (Fsp3) is 0.350. The van der Waals surface area contributed by atoms with Crippen LogP contribution in [0, 0.1) is 12.7 Å². The third kappa shape index (κ3) is 4.65. The normalized spacial score (nSPS) is 16.4. The number of benzene rings is 2. The number of nitrogens with zero attached hydrogens (tertiary/aromatic N) is 1. The smallest absolute Gasteiger partial charge is 0.251 e. The number of halogens is 1. The average Bonchev–Trinajstić information content (AvgIpc) is 2.65. The van der Waals surface area contributed by atoms with Gasteiger partial charge in [-0.1, -0.05) is 36.4 Å². The molecule has 3 rings (SSSR count). The molecule has 0 spiro atoms. The van der Waals surface area contributed by atoms with Crippen LogP contribution in [0.15, 0.2) is 48.5 Å². The van der Waals surface area contributed by atoms with Crippen LogP contribution < -0.4 is 5.32 Å². The zero-order valence-electron chi connectivity index (χ0n) is 14.4. The third-order valence-electron chi connectivity index (χ3n) is 4.49. The summed E-state index contributed by atoms with van der Waals surface area (Å²) in [6, 6.07) is 14.3. The lowest BCUT2D eigenvalue weighted by molar-refractivity contribution is 0.0332. The average molecular weight is 342 g/mol. The van der Waals surface area contributed by atoms with Gasteiger partial charge < -0.3 is 10.1 Å². The van der Waals surface area contributed by atoms with Gasteiger partial charge in [-0.25, -0.2) is 4.39 Å². The lowest BCUT2D eigenvalue weighted by atomic mass is 10.0. The maximum Gasteiger partial charge on any atom is 0.251 e. The second-order valence-corrected chi connectivity index (χ2v) is 6.31. The van der Waals surface area contributed by atoms with Crippen LogP contribution in [0.2, 0.25) is 0 Å². The van der Waals surface area contributed by atoms with Crippen molar-refractivity contribution in [3.05, 3.63) is 71.0 Å². The Morgan fingerprint density at radius 1 is 1.20 bits per heavy atom. The number of hydrogen-bond acceptors (Lipinski definition) is 3. The van der Waals surface area contributed by atoms with Crippen molar-refractivity contribution in [3.63, 3.8) is 0 Å². The van der Waals surface area contributed by atoms with E-state index < -0.39 is 0 Å². The van der Waals surface area contributed by atoms with Crippen molar-refractivity contribution in [1.82, 2.24) is 10.2 Å². The van der Waals surface area contributed by atoms with Crippen LogP contribution in [-0.2, 0) is 4.74 Å². The van der Waals surface area contributed by atoms with Crippen molar-refractivity contribution in [2.24, 2.45) is 0 Å². The fourth-order valence-electron chi connectivity index (χ4n) is 2.94. The molecular weight excluding hydrogens is 319 g/mol. The number of nitrogens with one attached hydrogen (secondary N) is 1. The van der Waals surface area contributed by atoms with E-state index in [0.29, 0.717) is 30.9 Å². The van der Waals surface area contributed by atoms with Gasteiger partial charge in [-0.15, -0.1) is 0 Å². The molecule has 2 aromatic carbocycles. The SMILES string of the molecule is Cc1ccc(C(=O)N[C@@H](CN2CCOCC2)c2ccccc2)cc1F. The van der Waals surface area contributed by atoms with Crippen LogP contribution in [-0.4, -0.2) is 43.7 Å². The third-order valence-corrected chi connectivity index (χ3v) is 4.49. The molecule has 0 unspecified atom stereocenters. The van der Waals surface area contributed by atoms with Gasteiger partial charge in [0.05, 0.1) is 19.3 Å². The first-order valence-corrected chi connectivity index (χ1v) is 8.55. The highest BCUT2D eigenvalue weighted by molar-refractivity contribution is 5.94. The molecule has 1 fully saturated rings. The van der Waals surface area contributed by atoms with Gasteiger partial charge in [-0.3, -0.25) is 9.69 Å². The Labute approximate surface area is 147 Å². The van der Waals surface area contributed by atoms with Gasteiger partial charge in [-0.2, -0.15) is 0 Å². The Kier molecular flexibility index (Phi) is 5.79. The number of morpholine rings is 1. The molecule has 4 nitrogen and oxygen atoms in total. The maximum absolute atomic E-state index is 13.8. The van der Waals surface area contributed by atoms with E-state index in [4.69, 9.17) is 4.74 Å². The van der Waals surface area contributed by atoms with E-state index in [0.717, 1.165) is 18.7 Å². The van der Waals surface area contributed by atoms with Crippen molar-refractivity contribution in [1.29, 1.82) is 0 Å². The molecule has 0 radical (unpaired) electrons. The first kappa shape index (κ1) is 17.6. The van der Waals surface area contributed by atoms with Gasteiger partial charge in [-0.05, 0) is 30.2 Å². The van der Waals surface area contributed by atoms with Crippen LogP contribution >= 0.6 is 0 Å². The van der Waals surface area contributed by atoms with E-state index in [-0.39, 0.29) is 17.8 Å². The molecule has 1 saturated heterocycles. The highest BCUT2D eigenvalue weighted by Gasteiger charge is 2.21. The van der Waals surface area contributed by atoms with Crippen LogP contribution in [0.4, 0.5) is 4.39 Å². The highest BCUT2D eigenvalue weighted by atomic mass is 19.1. The molecule has 2 aromatic rings. The predicted molar refractivity (Wildman–Crippen MR) is 95.0 cm³/mol. The van der Waals surface area contributed by atoms with E-state index in [1.54, 1.807) is 19.1 Å². The zero-order chi connectivity index (χ0) is 17.6. The molecule has 1 heterocycles. The van der Waals surface area contributed by atoms with E-state index in [9.17, 15) is 9.18 Å². The Bertz CT molecular complexity index is 715. The molecule has 1 aliphatic rings. The summed E-state index contributed by atoms with van der Waals surface area (Å²) in [6.07, 6.45) is 0. The van der Waals surface area contributed by atoms with Gasteiger partial charge in [0.1, 0.15) is 5.82 Å². The molecule has 0 aliphatic carbocycles. The van der Waals surface area contributed by atoms with Gasteiger partial charge in [0.2, 0.25) is 0 Å². The van der Waals surface area contributed by atoms with Crippen LogP contribution in [0.1, 0.15) is 27.5 Å². The first-order chi connectivity index (χ1) is 12.1. The lowest BCUT2D eigenvalue weighted by Crippen LogP contribution is -2.43. The maximum atomic E-state index is 13.8. The van der Waals surface area contributed by atoms with Crippen molar-refractivity contribution >= 4 is 5.91 Å². The van der Waals surface area contributed by atoms with Crippen molar-refractivity contribution in [2.45, 2.75) is 13.0 Å². The predicted octanol–water partition coefficient (Wildman–Crippen LogP) is 2.94. The molecule has 132 valence electrons. The number of amides is 1. The first-order valence-electron chi connectivity index (χ1n) is 8.55. The number of aryl methyl sites for hydroxylation is 1. The summed E-state index contributed by atoms with van der Waals surface area (Å²) in [5.74, 6) is -0.627. The summed E-state index contributed by atoms with van der Waals surface area (Å²) >= 11 is 0. The second-order valence-electron chi connectivity index (χ2n) is 6.31. The van der Waals surface area contributed by atoms with E-state index >= 15 is 0 Å². The molecule has 0 bridgehead atoms. The Morgan fingerprint density at radius 2 is 1.92 bits per heavy atom. The van der Waals surface area contributed by atoms with E-state index in [1.165, 1.54) is 6.07 Å². The number of rotatable bonds is 5. The van der Waals surface area contributed by atoms with Crippen molar-refractivity contribution in [3.8, 4) is 0 Å². The minimum atomic E-state index is -0.364. The summed E-state index contributed by atoms with van der Waals surface area (Å²) in [4.78, 5) is 14.9. The molecular formula is C20H23FN2O2. The van der Waals surface area contributed by atoms with Crippen molar-refractivity contribution < 1.29 is 13.9 Å². The van der Waals surface area contributed by atoms with Gasteiger partial charge >= 0.3 is 0 Å². The Balaban J connectivity index is 1.76. The van der Waals surface area contributed by atoms with Crippen molar-refractivity contribution in [2.75, 3.05) is 32.8 Å². The molecule has 1 N–H and O–H groups in total. The monoisotopic (exact) mass is 342 g/mol. The lowest BCUT2D eigenvalue weighted by Gasteiger charge is -2.31. The Hall–Kier alpha value is -2.24. The molecule has 0 aromatic heterocycles. The molecule has 0 saturated carbocycles. The van der Waals surface area contributed by atoms with E-state index in [1.807, 2.05) is 30.3 Å². The summed E-state index contributed by atoms with van der Waals surface area (Å²) in [7, 11) is 0. The zero-order valence-corrected chi connectivity index (χ0v) is 14.4. The van der Waals surface area contributed by atoms with Gasteiger partial charge in [0.25, 0.3) is 5.91 Å². The van der Waals surface area contributed by atoms with Gasteiger partial charge in [0, 0.05) is 25.2 Å². The Morgan fingerprint density at radius 3 is 2.60 bits per heavy atom. The largest absolute Gasteiger partial charge is 0.379 e. The summed E-state index contributed by atoms with van der Waals surface area (Å²) < 4.78 is 19.2. The van der Waals surface area contributed by atoms with Gasteiger partial charge in [0.15, 0.2) is 0 Å². The molecule has 25 heavy (non-hydrogen) atoms. The van der Waals surface area contributed by atoms with E-state index in [2.05, 4.69) is 10.2 Å². The number of ether oxygens (including phenoxy) is 1. The standard InChI is InChI=1S/C20H23FN2O2/c1-15-7-8-17(13-18(15)21)20(24)22-19(16-5-3-2-4-6-16)14-23-9-11-25-12-10-23/h2-8,13,19H,9-12,14H2,1H3,(H,22,24)/t19-/m0/s1. The number of hydrogen-bond donors (Lipinski definition) is 1. The van der Waals surface area contributed by atoms with Crippen LogP contribution in [0.3, 0.4) is 0 Å². The quantitative estimate of drug-likeness (QED) is 0.908. The van der Waals surface area contributed by atoms with Crippen LogP contribution in [0.5, 0.6) is 0 Å². The molecule has 1 aliphatic heterocycles.